The van der Waals surface area contributed by atoms with E-state index in [0.29, 0.717) is 23.7 Å². The smallest absolute Gasteiger partial charge is 0.269 e. The highest BCUT2D eigenvalue weighted by atomic mass is 16.5. The molecule has 0 aliphatic carbocycles. The number of fused-ring (bicyclic) bond motifs is 4. The average Bonchev–Trinajstić information content (AvgIpc) is 2.79. The molecule has 3 aromatic rings. The van der Waals surface area contributed by atoms with E-state index in [-0.39, 0.29) is 17.5 Å². The molecule has 2 aliphatic heterocycles. The number of hydrogen-bond donors (Lipinski definition) is 2. The van der Waals surface area contributed by atoms with Gasteiger partial charge in [-0.1, -0.05) is 0 Å². The van der Waals surface area contributed by atoms with Crippen LogP contribution in [0.1, 0.15) is 21.6 Å². The van der Waals surface area contributed by atoms with Gasteiger partial charge in [-0.05, 0) is 36.8 Å². The molecule has 1 saturated heterocycles. The van der Waals surface area contributed by atoms with E-state index < -0.39 is 0 Å². The maximum atomic E-state index is 11.9. The normalized spacial score (nSPS) is 18.3. The van der Waals surface area contributed by atoms with E-state index in [2.05, 4.69) is 30.1 Å². The SMILES string of the molecule is CNC(=O)c1ccc2c(n1)OC[C@@H]1CN(Cc3cnc4cc(C)c(=O)[nH]c4c3)CCN21. The molecule has 3 aromatic heterocycles. The van der Waals surface area contributed by atoms with Crippen LogP contribution in [0.3, 0.4) is 0 Å². The molecule has 9 heteroatoms. The highest BCUT2D eigenvalue weighted by molar-refractivity contribution is 5.92. The molecule has 0 aromatic carbocycles. The minimum atomic E-state index is -0.223. The van der Waals surface area contributed by atoms with Gasteiger partial charge in [0.2, 0.25) is 5.88 Å². The number of aromatic nitrogens is 3. The fourth-order valence-corrected chi connectivity index (χ4v) is 4.28. The summed E-state index contributed by atoms with van der Waals surface area (Å²) in [6.45, 7) is 5.64. The molecule has 0 unspecified atom stereocenters. The molecule has 1 amide bonds. The summed E-state index contributed by atoms with van der Waals surface area (Å²) in [5.41, 5.74) is 4.50. The molecule has 1 fully saturated rings. The highest BCUT2D eigenvalue weighted by Crippen LogP contribution is 2.34. The molecule has 2 N–H and O–H groups in total. The Balaban J connectivity index is 1.31. The summed E-state index contributed by atoms with van der Waals surface area (Å²) < 4.78 is 5.90. The first kappa shape index (κ1) is 19.5. The van der Waals surface area contributed by atoms with Gasteiger partial charge in [-0.2, -0.15) is 0 Å². The quantitative estimate of drug-likeness (QED) is 0.653. The Bertz CT molecular complexity index is 1220. The number of carbonyl (C=O) groups excluding carboxylic acids is 1. The number of amides is 1. The Morgan fingerprint density at radius 2 is 2.19 bits per heavy atom. The van der Waals surface area contributed by atoms with Crippen molar-refractivity contribution < 1.29 is 9.53 Å². The fourth-order valence-electron chi connectivity index (χ4n) is 4.28. The standard InChI is InChI=1S/C22H24N6O3/c1-13-7-17-18(25-20(13)29)8-14(9-24-17)10-27-5-6-28-15(11-27)12-31-22-19(28)4-3-16(26-22)21(30)23-2/h3-4,7-9,15H,5-6,10-12H2,1-2H3,(H,23,30)(H,25,29)/t15-/m0/s1. The molecular weight excluding hydrogens is 396 g/mol. The topological polar surface area (TPSA) is 103 Å². The summed E-state index contributed by atoms with van der Waals surface area (Å²) in [6.07, 6.45) is 1.88. The summed E-state index contributed by atoms with van der Waals surface area (Å²) in [5.74, 6) is 0.294. The van der Waals surface area contributed by atoms with Crippen LogP contribution in [0.4, 0.5) is 5.69 Å². The molecule has 0 bridgehead atoms. The third-order valence-electron chi connectivity index (χ3n) is 5.93. The summed E-state index contributed by atoms with van der Waals surface area (Å²) in [6, 6.07) is 7.69. The van der Waals surface area contributed by atoms with E-state index in [1.54, 1.807) is 20.0 Å². The third kappa shape index (κ3) is 3.61. The molecule has 0 spiro atoms. The van der Waals surface area contributed by atoms with Gasteiger partial charge < -0.3 is 19.9 Å². The van der Waals surface area contributed by atoms with Crippen LogP contribution in [0.2, 0.25) is 0 Å². The van der Waals surface area contributed by atoms with Crippen molar-refractivity contribution >= 4 is 22.6 Å². The number of rotatable bonds is 3. The number of nitrogens with zero attached hydrogens (tertiary/aromatic N) is 4. The number of carbonyl (C=O) groups is 1. The van der Waals surface area contributed by atoms with E-state index in [1.165, 1.54) is 0 Å². The van der Waals surface area contributed by atoms with Gasteiger partial charge in [0.05, 0.1) is 17.1 Å². The van der Waals surface area contributed by atoms with E-state index in [4.69, 9.17) is 4.74 Å². The van der Waals surface area contributed by atoms with E-state index >= 15 is 0 Å². The minimum absolute atomic E-state index is 0.0775. The maximum absolute atomic E-state index is 11.9. The van der Waals surface area contributed by atoms with Crippen LogP contribution >= 0.6 is 0 Å². The summed E-state index contributed by atoms with van der Waals surface area (Å²) in [5, 5.41) is 2.59. The van der Waals surface area contributed by atoms with Gasteiger partial charge in [-0.25, -0.2) is 4.98 Å². The number of nitrogens with one attached hydrogen (secondary N) is 2. The first-order chi connectivity index (χ1) is 15.0. The van der Waals surface area contributed by atoms with Gasteiger partial charge in [0.15, 0.2) is 0 Å². The Morgan fingerprint density at radius 1 is 1.32 bits per heavy atom. The molecule has 0 saturated carbocycles. The van der Waals surface area contributed by atoms with E-state index in [0.717, 1.165) is 48.5 Å². The van der Waals surface area contributed by atoms with Crippen molar-refractivity contribution in [2.24, 2.45) is 0 Å². The Kier molecular flexibility index (Phi) is 4.82. The van der Waals surface area contributed by atoms with Crippen molar-refractivity contribution in [1.82, 2.24) is 25.2 Å². The number of hydrogen-bond acceptors (Lipinski definition) is 7. The molecule has 2 aliphatic rings. The van der Waals surface area contributed by atoms with E-state index in [1.807, 2.05) is 24.4 Å². The molecular formula is C22H24N6O3. The number of aryl methyl sites for hydroxylation is 1. The van der Waals surface area contributed by atoms with Gasteiger partial charge in [-0.15, -0.1) is 0 Å². The van der Waals surface area contributed by atoms with Crippen molar-refractivity contribution in [3.8, 4) is 5.88 Å². The minimum Gasteiger partial charge on any atom is -0.474 e. The second-order valence-corrected chi connectivity index (χ2v) is 8.05. The van der Waals surface area contributed by atoms with Crippen molar-refractivity contribution in [3.05, 3.63) is 57.6 Å². The van der Waals surface area contributed by atoms with Crippen molar-refractivity contribution in [3.63, 3.8) is 0 Å². The van der Waals surface area contributed by atoms with Crippen LogP contribution in [0.5, 0.6) is 5.88 Å². The predicted octanol–water partition coefficient (Wildman–Crippen LogP) is 1.07. The monoisotopic (exact) mass is 420 g/mol. The molecule has 0 radical (unpaired) electrons. The number of pyridine rings is 3. The lowest BCUT2D eigenvalue weighted by Gasteiger charge is -2.45. The largest absolute Gasteiger partial charge is 0.474 e. The van der Waals surface area contributed by atoms with Crippen molar-refractivity contribution in [2.75, 3.05) is 38.2 Å². The first-order valence-corrected chi connectivity index (χ1v) is 10.4. The lowest BCUT2D eigenvalue weighted by atomic mass is 10.1. The molecule has 5 rings (SSSR count). The van der Waals surface area contributed by atoms with Gasteiger partial charge in [0.1, 0.15) is 18.0 Å². The zero-order chi connectivity index (χ0) is 21.5. The Hall–Kier alpha value is -3.46. The molecule has 5 heterocycles. The molecule has 9 nitrogen and oxygen atoms in total. The van der Waals surface area contributed by atoms with Crippen LogP contribution in [0, 0.1) is 6.92 Å². The summed E-state index contributed by atoms with van der Waals surface area (Å²) in [7, 11) is 1.59. The number of aromatic amines is 1. The molecule has 1 atom stereocenters. The van der Waals surface area contributed by atoms with E-state index in [9.17, 15) is 9.59 Å². The third-order valence-corrected chi connectivity index (χ3v) is 5.93. The number of ether oxygens (including phenoxy) is 1. The zero-order valence-corrected chi connectivity index (χ0v) is 17.5. The van der Waals surface area contributed by atoms with Crippen molar-refractivity contribution in [2.45, 2.75) is 19.5 Å². The number of piperazine rings is 1. The van der Waals surface area contributed by atoms with Gasteiger partial charge in [0.25, 0.3) is 11.5 Å². The average molecular weight is 420 g/mol. The maximum Gasteiger partial charge on any atom is 0.269 e. The predicted molar refractivity (Wildman–Crippen MR) is 117 cm³/mol. The lowest BCUT2D eigenvalue weighted by Crippen LogP contribution is -2.57. The molecule has 31 heavy (non-hydrogen) atoms. The first-order valence-electron chi connectivity index (χ1n) is 10.4. The highest BCUT2D eigenvalue weighted by Gasteiger charge is 2.34. The zero-order valence-electron chi connectivity index (χ0n) is 17.5. The summed E-state index contributed by atoms with van der Waals surface area (Å²) in [4.78, 5) is 40.3. The second-order valence-electron chi connectivity index (χ2n) is 8.05. The number of H-pyrrole nitrogens is 1. The van der Waals surface area contributed by atoms with Crippen LogP contribution in [-0.4, -0.2) is 65.1 Å². The number of anilines is 1. The second kappa shape index (κ2) is 7.66. The van der Waals surface area contributed by atoms with Gasteiger partial charge >= 0.3 is 0 Å². The molecule has 160 valence electrons. The lowest BCUT2D eigenvalue weighted by molar-refractivity contribution is 0.0956. The van der Waals surface area contributed by atoms with Crippen LogP contribution in [-0.2, 0) is 6.54 Å². The van der Waals surface area contributed by atoms with Gasteiger partial charge in [0, 0.05) is 45.0 Å². The Labute approximate surface area is 179 Å². The Morgan fingerprint density at radius 3 is 3.03 bits per heavy atom. The van der Waals surface area contributed by atoms with Crippen LogP contribution < -0.4 is 20.5 Å². The van der Waals surface area contributed by atoms with Crippen LogP contribution in [0.15, 0.2) is 35.3 Å². The fraction of sp³-hybridized carbons (Fsp3) is 0.364. The van der Waals surface area contributed by atoms with Crippen LogP contribution in [0.25, 0.3) is 11.0 Å². The van der Waals surface area contributed by atoms with Gasteiger partial charge in [-0.3, -0.25) is 19.5 Å². The summed E-state index contributed by atoms with van der Waals surface area (Å²) >= 11 is 0. The van der Waals surface area contributed by atoms with Crippen molar-refractivity contribution in [1.29, 1.82) is 0 Å².